The monoisotopic (exact) mass is 301 g/mol. The van der Waals surface area contributed by atoms with Gasteiger partial charge in [0.1, 0.15) is 0 Å². The van der Waals surface area contributed by atoms with Crippen LogP contribution >= 0.6 is 0 Å². The first kappa shape index (κ1) is 20.2. The van der Waals surface area contributed by atoms with E-state index in [0.717, 1.165) is 57.9 Å². The summed E-state index contributed by atoms with van der Waals surface area (Å²) in [6, 6.07) is 0. The Labute approximate surface area is 130 Å². The van der Waals surface area contributed by atoms with Crippen LogP contribution < -0.4 is 10.6 Å². The van der Waals surface area contributed by atoms with Crippen molar-refractivity contribution < 1.29 is 9.84 Å². The molecule has 0 bridgehead atoms. The minimum atomic E-state index is -0.689. The lowest BCUT2D eigenvalue weighted by Crippen LogP contribution is -2.40. The Morgan fingerprint density at radius 1 is 1.05 bits per heavy atom. The van der Waals surface area contributed by atoms with Gasteiger partial charge in [0, 0.05) is 26.3 Å². The molecule has 0 aliphatic heterocycles. The second-order valence-corrected chi connectivity index (χ2v) is 5.37. The number of aliphatic imine (C=N–C) groups is 1. The Hall–Kier alpha value is -0.810. The van der Waals surface area contributed by atoms with Crippen molar-refractivity contribution in [3.05, 3.63) is 0 Å². The standard InChI is InChI=1S/C16H35N3O2/c1-5-9-12-21-13-10-11-18-15(17-8-4)19-14-16(20,6-2)7-3/h20H,5-14H2,1-4H3,(H2,17,18,19). The van der Waals surface area contributed by atoms with Crippen molar-refractivity contribution in [2.45, 2.75) is 65.4 Å². The van der Waals surface area contributed by atoms with Crippen LogP contribution in [0.15, 0.2) is 4.99 Å². The number of rotatable bonds is 12. The molecule has 0 aliphatic carbocycles. The van der Waals surface area contributed by atoms with Gasteiger partial charge in [0.25, 0.3) is 0 Å². The third-order valence-corrected chi connectivity index (χ3v) is 3.59. The van der Waals surface area contributed by atoms with Gasteiger partial charge in [0.15, 0.2) is 5.96 Å². The molecule has 0 unspecified atom stereocenters. The zero-order chi connectivity index (χ0) is 16.0. The maximum atomic E-state index is 10.3. The van der Waals surface area contributed by atoms with E-state index in [9.17, 15) is 5.11 Å². The van der Waals surface area contributed by atoms with E-state index in [0.29, 0.717) is 6.54 Å². The lowest BCUT2D eigenvalue weighted by Gasteiger charge is -2.23. The summed E-state index contributed by atoms with van der Waals surface area (Å²) in [5, 5.41) is 16.7. The maximum absolute atomic E-state index is 10.3. The Bertz CT molecular complexity index is 266. The van der Waals surface area contributed by atoms with Crippen molar-refractivity contribution >= 4 is 5.96 Å². The predicted octanol–water partition coefficient (Wildman–Crippen LogP) is 2.30. The molecule has 126 valence electrons. The molecule has 0 aromatic rings. The molecule has 0 saturated heterocycles. The molecule has 0 fully saturated rings. The molecular formula is C16H35N3O2. The first-order chi connectivity index (χ1) is 10.1. The van der Waals surface area contributed by atoms with Crippen LogP contribution in [0, 0.1) is 0 Å². The molecule has 0 aromatic heterocycles. The normalized spacial score (nSPS) is 12.5. The fourth-order valence-electron chi connectivity index (χ4n) is 1.77. The van der Waals surface area contributed by atoms with E-state index in [2.05, 4.69) is 22.5 Å². The molecule has 5 heteroatoms. The number of ether oxygens (including phenoxy) is 1. The lowest BCUT2D eigenvalue weighted by molar-refractivity contribution is 0.0418. The number of unbranched alkanes of at least 4 members (excludes halogenated alkanes) is 1. The van der Waals surface area contributed by atoms with Crippen LogP contribution in [0.5, 0.6) is 0 Å². The Balaban J connectivity index is 4.01. The average molecular weight is 301 g/mol. The van der Waals surface area contributed by atoms with Crippen LogP contribution in [0.3, 0.4) is 0 Å². The highest BCUT2D eigenvalue weighted by molar-refractivity contribution is 5.79. The number of aliphatic hydroxyl groups is 1. The second kappa shape index (κ2) is 12.9. The molecule has 0 amide bonds. The van der Waals surface area contributed by atoms with Gasteiger partial charge < -0.3 is 20.5 Å². The number of hydrogen-bond donors (Lipinski definition) is 3. The van der Waals surface area contributed by atoms with Gasteiger partial charge in [-0.15, -0.1) is 0 Å². The maximum Gasteiger partial charge on any atom is 0.191 e. The van der Waals surface area contributed by atoms with E-state index in [1.807, 2.05) is 20.8 Å². The first-order valence-corrected chi connectivity index (χ1v) is 8.44. The Kier molecular flexibility index (Phi) is 12.4. The molecule has 0 radical (unpaired) electrons. The Morgan fingerprint density at radius 2 is 1.71 bits per heavy atom. The van der Waals surface area contributed by atoms with E-state index in [4.69, 9.17) is 4.74 Å². The summed E-state index contributed by atoms with van der Waals surface area (Å²) in [7, 11) is 0. The minimum absolute atomic E-state index is 0.433. The van der Waals surface area contributed by atoms with Gasteiger partial charge >= 0.3 is 0 Å². The van der Waals surface area contributed by atoms with Crippen LogP contribution in [-0.2, 0) is 4.74 Å². The van der Waals surface area contributed by atoms with Crippen molar-refractivity contribution in [3.8, 4) is 0 Å². The molecule has 0 atom stereocenters. The molecule has 3 N–H and O–H groups in total. The van der Waals surface area contributed by atoms with Crippen molar-refractivity contribution in [3.63, 3.8) is 0 Å². The molecule has 0 aliphatic rings. The quantitative estimate of drug-likeness (QED) is 0.294. The highest BCUT2D eigenvalue weighted by Crippen LogP contribution is 2.14. The highest BCUT2D eigenvalue weighted by atomic mass is 16.5. The molecule has 0 saturated carbocycles. The van der Waals surface area contributed by atoms with Crippen molar-refractivity contribution in [2.24, 2.45) is 4.99 Å². The summed E-state index contributed by atoms with van der Waals surface area (Å²) in [5.74, 6) is 0.770. The van der Waals surface area contributed by atoms with E-state index < -0.39 is 5.60 Å². The van der Waals surface area contributed by atoms with E-state index in [1.54, 1.807) is 0 Å². The lowest BCUT2D eigenvalue weighted by atomic mass is 9.98. The van der Waals surface area contributed by atoms with Gasteiger partial charge in [-0.25, -0.2) is 0 Å². The van der Waals surface area contributed by atoms with Crippen LogP contribution in [0.2, 0.25) is 0 Å². The molecular weight excluding hydrogens is 266 g/mol. The fraction of sp³-hybridized carbons (Fsp3) is 0.938. The van der Waals surface area contributed by atoms with Gasteiger partial charge in [0.05, 0.1) is 12.1 Å². The third-order valence-electron chi connectivity index (χ3n) is 3.59. The molecule has 0 spiro atoms. The zero-order valence-electron chi connectivity index (χ0n) is 14.4. The summed E-state index contributed by atoms with van der Waals surface area (Å²) in [4.78, 5) is 4.48. The van der Waals surface area contributed by atoms with Gasteiger partial charge in [0.2, 0.25) is 0 Å². The summed E-state index contributed by atoms with van der Waals surface area (Å²) in [6.45, 7) is 11.9. The second-order valence-electron chi connectivity index (χ2n) is 5.37. The summed E-state index contributed by atoms with van der Waals surface area (Å²) in [5.41, 5.74) is -0.689. The summed E-state index contributed by atoms with van der Waals surface area (Å²) < 4.78 is 5.52. The van der Waals surface area contributed by atoms with Gasteiger partial charge in [-0.1, -0.05) is 27.2 Å². The zero-order valence-corrected chi connectivity index (χ0v) is 14.4. The average Bonchev–Trinajstić information content (AvgIpc) is 2.51. The predicted molar refractivity (Wildman–Crippen MR) is 89.9 cm³/mol. The van der Waals surface area contributed by atoms with E-state index >= 15 is 0 Å². The number of nitrogens with zero attached hydrogens (tertiary/aromatic N) is 1. The van der Waals surface area contributed by atoms with Crippen molar-refractivity contribution in [1.29, 1.82) is 0 Å². The number of guanidine groups is 1. The molecule has 5 nitrogen and oxygen atoms in total. The summed E-state index contributed by atoms with van der Waals surface area (Å²) in [6.07, 6.45) is 4.70. The van der Waals surface area contributed by atoms with Crippen LogP contribution in [0.4, 0.5) is 0 Å². The van der Waals surface area contributed by atoms with Crippen LogP contribution in [0.25, 0.3) is 0 Å². The van der Waals surface area contributed by atoms with Crippen molar-refractivity contribution in [2.75, 3.05) is 32.8 Å². The molecule has 0 rings (SSSR count). The topological polar surface area (TPSA) is 65.9 Å². The van der Waals surface area contributed by atoms with E-state index in [1.165, 1.54) is 6.42 Å². The smallest absolute Gasteiger partial charge is 0.191 e. The fourth-order valence-corrected chi connectivity index (χ4v) is 1.77. The SMILES string of the molecule is CCCCOCCCNC(=NCC(O)(CC)CC)NCC. The van der Waals surface area contributed by atoms with Gasteiger partial charge in [-0.2, -0.15) is 0 Å². The number of nitrogens with one attached hydrogen (secondary N) is 2. The van der Waals surface area contributed by atoms with Gasteiger partial charge in [-0.05, 0) is 32.6 Å². The largest absolute Gasteiger partial charge is 0.388 e. The third kappa shape index (κ3) is 10.5. The summed E-state index contributed by atoms with van der Waals surface area (Å²) >= 11 is 0. The van der Waals surface area contributed by atoms with Gasteiger partial charge in [-0.3, -0.25) is 4.99 Å². The first-order valence-electron chi connectivity index (χ1n) is 8.44. The highest BCUT2D eigenvalue weighted by Gasteiger charge is 2.21. The minimum Gasteiger partial charge on any atom is -0.388 e. The van der Waals surface area contributed by atoms with Crippen LogP contribution in [0.1, 0.15) is 59.8 Å². The molecule has 0 aromatic carbocycles. The van der Waals surface area contributed by atoms with Crippen LogP contribution in [-0.4, -0.2) is 49.5 Å². The van der Waals surface area contributed by atoms with Crippen molar-refractivity contribution in [1.82, 2.24) is 10.6 Å². The van der Waals surface area contributed by atoms with E-state index in [-0.39, 0.29) is 0 Å². The molecule has 21 heavy (non-hydrogen) atoms. The Morgan fingerprint density at radius 3 is 2.29 bits per heavy atom. The molecule has 0 heterocycles. The number of hydrogen-bond acceptors (Lipinski definition) is 3.